The summed E-state index contributed by atoms with van der Waals surface area (Å²) in [7, 11) is 0. The first kappa shape index (κ1) is 22.2. The molecule has 1 unspecified atom stereocenters. The van der Waals surface area contributed by atoms with Crippen LogP contribution in [-0.4, -0.2) is 44.9 Å². The van der Waals surface area contributed by atoms with E-state index in [1.165, 1.54) is 24.1 Å². The van der Waals surface area contributed by atoms with E-state index in [2.05, 4.69) is 58.7 Å². The van der Waals surface area contributed by atoms with Crippen molar-refractivity contribution >= 4 is 17.3 Å². The summed E-state index contributed by atoms with van der Waals surface area (Å²) in [4.78, 5) is 14.5. The van der Waals surface area contributed by atoms with Gasteiger partial charge in [-0.05, 0) is 62.4 Å². The van der Waals surface area contributed by atoms with Crippen LogP contribution in [-0.2, 0) is 27.1 Å². The zero-order chi connectivity index (χ0) is 21.2. The molecule has 3 rings (SSSR count). The lowest BCUT2D eigenvalue weighted by atomic mass is 10.0. The summed E-state index contributed by atoms with van der Waals surface area (Å²) in [5.74, 6) is -0.291. The average Bonchev–Trinajstić information content (AvgIpc) is 2.77. The van der Waals surface area contributed by atoms with Gasteiger partial charge in [-0.25, -0.2) is 4.79 Å². The lowest BCUT2D eigenvalue weighted by molar-refractivity contribution is -0.156. The van der Waals surface area contributed by atoms with Gasteiger partial charge in [-0.1, -0.05) is 30.3 Å². The SMILES string of the molecule is CCOC(=O)C(Cc1ccc(NCCCN2CCCc3ccccc32)cc1)OCC. The molecule has 1 aliphatic heterocycles. The van der Waals surface area contributed by atoms with Gasteiger partial charge in [0.15, 0.2) is 6.10 Å². The molecule has 1 atom stereocenters. The van der Waals surface area contributed by atoms with E-state index in [1.54, 1.807) is 0 Å². The maximum atomic E-state index is 12.0. The van der Waals surface area contributed by atoms with Crippen LogP contribution in [0.1, 0.15) is 37.8 Å². The normalized spacial score (nSPS) is 14.1. The van der Waals surface area contributed by atoms with E-state index >= 15 is 0 Å². The van der Waals surface area contributed by atoms with Crippen LogP contribution in [0, 0.1) is 0 Å². The Balaban J connectivity index is 1.44. The van der Waals surface area contributed by atoms with Crippen molar-refractivity contribution in [3.8, 4) is 0 Å². The van der Waals surface area contributed by atoms with Gasteiger partial charge in [-0.2, -0.15) is 0 Å². The van der Waals surface area contributed by atoms with Crippen molar-refractivity contribution in [1.29, 1.82) is 0 Å². The molecule has 1 aliphatic rings. The number of rotatable bonds is 11. The molecular weight excluding hydrogens is 376 g/mol. The van der Waals surface area contributed by atoms with Crippen molar-refractivity contribution in [3.63, 3.8) is 0 Å². The molecule has 2 aromatic rings. The fourth-order valence-corrected chi connectivity index (χ4v) is 3.97. The highest BCUT2D eigenvalue weighted by Crippen LogP contribution is 2.26. The zero-order valence-corrected chi connectivity index (χ0v) is 18.2. The van der Waals surface area contributed by atoms with E-state index in [1.807, 2.05) is 13.8 Å². The van der Waals surface area contributed by atoms with E-state index < -0.39 is 6.10 Å². The number of hydrogen-bond acceptors (Lipinski definition) is 5. The number of carbonyl (C=O) groups is 1. The van der Waals surface area contributed by atoms with Crippen molar-refractivity contribution in [2.45, 2.75) is 45.6 Å². The van der Waals surface area contributed by atoms with Crippen LogP contribution in [0.25, 0.3) is 0 Å². The standard InChI is InChI=1S/C25H34N2O3/c1-3-29-24(25(28)30-4-2)19-20-12-14-22(15-13-20)26-16-8-18-27-17-7-10-21-9-5-6-11-23(21)27/h5-6,9,11-15,24,26H,3-4,7-8,10,16-19H2,1-2H3. The summed E-state index contributed by atoms with van der Waals surface area (Å²) in [6.07, 6.45) is 3.51. The van der Waals surface area contributed by atoms with Crippen LogP contribution in [0.15, 0.2) is 48.5 Å². The number of para-hydroxylation sites is 1. The Hall–Kier alpha value is -2.53. The Morgan fingerprint density at radius 1 is 1.10 bits per heavy atom. The van der Waals surface area contributed by atoms with Gasteiger partial charge < -0.3 is 19.7 Å². The van der Waals surface area contributed by atoms with Crippen LogP contribution in [0.2, 0.25) is 0 Å². The number of fused-ring (bicyclic) bond motifs is 1. The first-order chi connectivity index (χ1) is 14.7. The molecule has 0 aromatic heterocycles. The van der Waals surface area contributed by atoms with Gasteiger partial charge in [0.2, 0.25) is 0 Å². The molecule has 0 aliphatic carbocycles. The van der Waals surface area contributed by atoms with Crippen molar-refractivity contribution in [2.24, 2.45) is 0 Å². The first-order valence-corrected chi connectivity index (χ1v) is 11.1. The number of nitrogens with one attached hydrogen (secondary N) is 1. The maximum absolute atomic E-state index is 12.0. The van der Waals surface area contributed by atoms with E-state index in [4.69, 9.17) is 9.47 Å². The molecular formula is C25H34N2O3. The highest BCUT2D eigenvalue weighted by atomic mass is 16.6. The largest absolute Gasteiger partial charge is 0.464 e. The van der Waals surface area contributed by atoms with Gasteiger partial charge in [0.25, 0.3) is 0 Å². The van der Waals surface area contributed by atoms with Crippen LogP contribution < -0.4 is 10.2 Å². The molecule has 0 amide bonds. The Morgan fingerprint density at radius 3 is 2.67 bits per heavy atom. The monoisotopic (exact) mass is 410 g/mol. The topological polar surface area (TPSA) is 50.8 Å². The number of aryl methyl sites for hydroxylation is 1. The predicted octanol–water partition coefficient (Wildman–Crippen LogP) is 4.45. The predicted molar refractivity (Wildman–Crippen MR) is 122 cm³/mol. The van der Waals surface area contributed by atoms with Crippen molar-refractivity contribution in [1.82, 2.24) is 0 Å². The third-order valence-electron chi connectivity index (χ3n) is 5.43. The van der Waals surface area contributed by atoms with E-state index in [9.17, 15) is 4.79 Å². The fourth-order valence-electron chi connectivity index (χ4n) is 3.97. The van der Waals surface area contributed by atoms with Crippen molar-refractivity contribution < 1.29 is 14.3 Å². The molecule has 0 spiro atoms. The minimum atomic E-state index is -0.541. The summed E-state index contributed by atoms with van der Waals surface area (Å²) in [6.45, 7) is 7.71. The Morgan fingerprint density at radius 2 is 1.90 bits per heavy atom. The molecule has 0 radical (unpaired) electrons. The number of nitrogens with zero attached hydrogens (tertiary/aromatic N) is 1. The zero-order valence-electron chi connectivity index (χ0n) is 18.2. The second-order valence-corrected chi connectivity index (χ2v) is 7.60. The second-order valence-electron chi connectivity index (χ2n) is 7.60. The number of carbonyl (C=O) groups excluding carboxylic acids is 1. The lowest BCUT2D eigenvalue weighted by Gasteiger charge is -2.31. The summed E-state index contributed by atoms with van der Waals surface area (Å²) >= 11 is 0. The van der Waals surface area contributed by atoms with Crippen LogP contribution in [0.3, 0.4) is 0 Å². The molecule has 0 saturated carbocycles. The third-order valence-corrected chi connectivity index (χ3v) is 5.43. The van der Waals surface area contributed by atoms with E-state index in [0.717, 1.165) is 37.3 Å². The maximum Gasteiger partial charge on any atom is 0.335 e. The summed E-state index contributed by atoms with van der Waals surface area (Å²) in [5, 5.41) is 3.51. The van der Waals surface area contributed by atoms with Gasteiger partial charge in [0.1, 0.15) is 0 Å². The van der Waals surface area contributed by atoms with Crippen LogP contribution in [0.4, 0.5) is 11.4 Å². The van der Waals surface area contributed by atoms with E-state index in [-0.39, 0.29) is 5.97 Å². The number of hydrogen-bond donors (Lipinski definition) is 1. The highest BCUT2D eigenvalue weighted by Gasteiger charge is 2.20. The Bertz CT molecular complexity index is 791. The molecule has 0 fully saturated rings. The number of ether oxygens (including phenoxy) is 2. The molecule has 2 aromatic carbocycles. The first-order valence-electron chi connectivity index (χ1n) is 11.1. The fraction of sp³-hybridized carbons (Fsp3) is 0.480. The number of esters is 1. The van der Waals surface area contributed by atoms with Crippen LogP contribution in [0.5, 0.6) is 0 Å². The molecule has 1 heterocycles. The number of benzene rings is 2. The smallest absolute Gasteiger partial charge is 0.335 e. The highest BCUT2D eigenvalue weighted by molar-refractivity contribution is 5.75. The summed E-state index contributed by atoms with van der Waals surface area (Å²) in [5.41, 5.74) is 5.04. The summed E-state index contributed by atoms with van der Waals surface area (Å²) in [6, 6.07) is 17.0. The summed E-state index contributed by atoms with van der Waals surface area (Å²) < 4.78 is 10.7. The molecule has 5 nitrogen and oxygen atoms in total. The number of anilines is 2. The Kier molecular flexibility index (Phi) is 8.57. The van der Waals surface area contributed by atoms with Crippen LogP contribution >= 0.6 is 0 Å². The molecule has 0 saturated heterocycles. The Labute approximate surface area is 180 Å². The molecule has 0 bridgehead atoms. The quantitative estimate of drug-likeness (QED) is 0.438. The molecule has 1 N–H and O–H groups in total. The van der Waals surface area contributed by atoms with Gasteiger partial charge in [-0.15, -0.1) is 0 Å². The van der Waals surface area contributed by atoms with Gasteiger partial charge >= 0.3 is 5.97 Å². The van der Waals surface area contributed by atoms with E-state index in [0.29, 0.717) is 19.6 Å². The molecule has 5 heteroatoms. The molecule has 30 heavy (non-hydrogen) atoms. The molecule has 162 valence electrons. The second kappa shape index (κ2) is 11.6. The minimum Gasteiger partial charge on any atom is -0.464 e. The average molecular weight is 411 g/mol. The minimum absolute atomic E-state index is 0.291. The van der Waals surface area contributed by atoms with Crippen molar-refractivity contribution in [3.05, 3.63) is 59.7 Å². The third kappa shape index (κ3) is 6.23. The van der Waals surface area contributed by atoms with Gasteiger partial charge in [0.05, 0.1) is 6.61 Å². The lowest BCUT2D eigenvalue weighted by Crippen LogP contribution is -2.31. The van der Waals surface area contributed by atoms with Crippen molar-refractivity contribution in [2.75, 3.05) is 43.1 Å². The van der Waals surface area contributed by atoms with Gasteiger partial charge in [0, 0.05) is 44.0 Å². The van der Waals surface area contributed by atoms with Gasteiger partial charge in [-0.3, -0.25) is 0 Å².